The second kappa shape index (κ2) is 8.69. The first-order valence-corrected chi connectivity index (χ1v) is 11.7. The van der Waals surface area contributed by atoms with Crippen molar-refractivity contribution < 1.29 is 9.28 Å². The van der Waals surface area contributed by atoms with Crippen LogP contribution in [0.15, 0.2) is 36.7 Å². The number of anilines is 1. The number of hydrogen-bond acceptors (Lipinski definition) is 5. The van der Waals surface area contributed by atoms with E-state index in [-0.39, 0.29) is 18.1 Å². The third kappa shape index (κ3) is 3.83. The number of nitrogens with one attached hydrogen (secondary N) is 3. The topological polar surface area (TPSA) is 109 Å². The molecule has 2 aliphatic rings. The number of piperidine rings is 2. The largest absolute Gasteiger partial charge is 0.414 e. The Labute approximate surface area is 192 Å². The van der Waals surface area contributed by atoms with Crippen molar-refractivity contribution in [2.45, 2.75) is 37.8 Å². The molecule has 32 heavy (non-hydrogen) atoms. The zero-order valence-electron chi connectivity index (χ0n) is 18.0. The molecule has 2 saturated heterocycles. The van der Waals surface area contributed by atoms with Crippen molar-refractivity contribution in [3.63, 3.8) is 0 Å². The first kappa shape index (κ1) is 21.2. The molecule has 2 fully saturated rings. The molecule has 0 radical (unpaired) electrons. The lowest BCUT2D eigenvalue weighted by molar-refractivity contribution is -0.879. The minimum Gasteiger partial charge on any atom is -0.360 e. The number of hydrogen-bond donors (Lipinski definition) is 4. The van der Waals surface area contributed by atoms with Crippen LogP contribution in [0.25, 0.3) is 22.2 Å². The summed E-state index contributed by atoms with van der Waals surface area (Å²) < 4.78 is 0.382. The molecule has 2 amide bonds. The minimum absolute atomic E-state index is 0.189. The number of rotatable bonds is 4. The Morgan fingerprint density at radius 1 is 1.22 bits per heavy atom. The predicted octanol–water partition coefficient (Wildman–Crippen LogP) is 3.50. The van der Waals surface area contributed by atoms with Crippen LogP contribution in [0.1, 0.15) is 25.7 Å². The third-order valence-electron chi connectivity index (χ3n) is 7.08. The lowest BCUT2D eigenvalue weighted by Crippen LogP contribution is -2.68. The van der Waals surface area contributed by atoms with E-state index in [1.165, 1.54) is 0 Å². The van der Waals surface area contributed by atoms with Gasteiger partial charge < -0.3 is 21.4 Å². The highest BCUT2D eigenvalue weighted by Crippen LogP contribution is 2.33. The molecule has 1 atom stereocenters. The van der Waals surface area contributed by atoms with Crippen molar-refractivity contribution in [2.24, 2.45) is 5.73 Å². The van der Waals surface area contributed by atoms with Crippen molar-refractivity contribution in [2.75, 3.05) is 31.5 Å². The summed E-state index contributed by atoms with van der Waals surface area (Å²) in [7, 11) is 0. The Hall–Kier alpha value is -2.68. The van der Waals surface area contributed by atoms with Crippen LogP contribution in [0.5, 0.6) is 0 Å². The lowest BCUT2D eigenvalue weighted by atomic mass is 9.95. The Balaban J connectivity index is 1.32. The van der Waals surface area contributed by atoms with E-state index in [1.807, 2.05) is 24.4 Å². The minimum atomic E-state index is -0.207. The molecule has 0 spiro atoms. The Morgan fingerprint density at radius 2 is 2.03 bits per heavy atom. The normalized spacial score (nSPS) is 26.2. The molecule has 0 bridgehead atoms. The zero-order chi connectivity index (χ0) is 22.1. The van der Waals surface area contributed by atoms with E-state index < -0.39 is 0 Å². The predicted molar refractivity (Wildman–Crippen MR) is 126 cm³/mol. The molecule has 0 aliphatic carbocycles. The number of halogens is 1. The number of quaternary nitrogens is 1. The zero-order valence-corrected chi connectivity index (χ0v) is 18.7. The number of urea groups is 1. The fraction of sp³-hybridized carbons (Fsp3) is 0.435. The van der Waals surface area contributed by atoms with Gasteiger partial charge >= 0.3 is 6.03 Å². The van der Waals surface area contributed by atoms with Gasteiger partial charge in [-0.2, -0.15) is 0 Å². The van der Waals surface area contributed by atoms with Crippen molar-refractivity contribution in [1.82, 2.24) is 20.3 Å². The maximum absolute atomic E-state index is 12.5. The number of nitrogens with zero attached hydrogens (tertiary/aromatic N) is 3. The molecule has 8 nitrogen and oxygen atoms in total. The van der Waals surface area contributed by atoms with Gasteiger partial charge in [-0.1, -0.05) is 29.8 Å². The van der Waals surface area contributed by atoms with E-state index in [4.69, 9.17) is 22.3 Å². The number of H-pyrrole nitrogens is 1. The fourth-order valence-electron chi connectivity index (χ4n) is 5.27. The maximum atomic E-state index is 12.5. The van der Waals surface area contributed by atoms with Crippen LogP contribution in [-0.2, 0) is 0 Å². The van der Waals surface area contributed by atoms with Crippen LogP contribution in [0, 0.1) is 0 Å². The van der Waals surface area contributed by atoms with E-state index in [1.54, 1.807) is 6.20 Å². The highest BCUT2D eigenvalue weighted by atomic mass is 35.5. The van der Waals surface area contributed by atoms with Crippen LogP contribution < -0.4 is 16.4 Å². The number of para-hydroxylation sites is 1. The first-order valence-electron chi connectivity index (χ1n) is 11.3. The van der Waals surface area contributed by atoms with Gasteiger partial charge in [-0.25, -0.2) is 19.2 Å². The monoisotopic (exact) mass is 454 g/mol. The summed E-state index contributed by atoms with van der Waals surface area (Å²) in [5.74, 6) is 0.554. The molecule has 2 aromatic heterocycles. The fourth-order valence-corrected chi connectivity index (χ4v) is 5.46. The van der Waals surface area contributed by atoms with Crippen LogP contribution in [-0.4, -0.2) is 63.7 Å². The summed E-state index contributed by atoms with van der Waals surface area (Å²) in [4.78, 5) is 24.9. The molecule has 5 N–H and O–H groups in total. The number of carbonyl (C=O) groups is 1. The third-order valence-corrected chi connectivity index (χ3v) is 7.36. The van der Waals surface area contributed by atoms with Gasteiger partial charge in [-0.15, -0.1) is 0 Å². The quantitative estimate of drug-likeness (QED) is 0.451. The average molecular weight is 455 g/mol. The maximum Gasteiger partial charge on any atom is 0.414 e. The number of aromatic nitrogens is 3. The number of primary amides is 1. The van der Waals surface area contributed by atoms with E-state index in [9.17, 15) is 4.79 Å². The Kier molecular flexibility index (Phi) is 5.75. The summed E-state index contributed by atoms with van der Waals surface area (Å²) in [5.41, 5.74) is 8.60. The number of fused-ring (bicyclic) bond motifs is 1. The highest BCUT2D eigenvalue weighted by Gasteiger charge is 2.46. The van der Waals surface area contributed by atoms with Crippen molar-refractivity contribution >= 4 is 34.5 Å². The van der Waals surface area contributed by atoms with Gasteiger partial charge in [0.15, 0.2) is 0 Å². The molecule has 2 aliphatic heterocycles. The number of aromatic amines is 1. The number of carbonyl (C=O) groups excluding carboxylic acids is 1. The van der Waals surface area contributed by atoms with Crippen LogP contribution in [0.2, 0.25) is 5.02 Å². The number of amides is 2. The van der Waals surface area contributed by atoms with Gasteiger partial charge in [0.2, 0.25) is 5.95 Å². The summed E-state index contributed by atoms with van der Waals surface area (Å²) in [5, 5.41) is 8.48. The van der Waals surface area contributed by atoms with Gasteiger partial charge in [0, 0.05) is 54.5 Å². The summed E-state index contributed by atoms with van der Waals surface area (Å²) in [6, 6.07) is 8.32. The summed E-state index contributed by atoms with van der Waals surface area (Å²) in [6.07, 6.45) is 7.40. The number of benzene rings is 1. The van der Waals surface area contributed by atoms with Gasteiger partial charge in [0.05, 0.1) is 30.0 Å². The number of likely N-dealkylation sites (tertiary alicyclic amines) is 1. The average Bonchev–Trinajstić information content (AvgIpc) is 3.25. The summed E-state index contributed by atoms with van der Waals surface area (Å²) in [6.45, 7) is 3.35. The molecule has 0 saturated carbocycles. The molecule has 1 unspecified atom stereocenters. The second-order valence-electron chi connectivity index (χ2n) is 8.88. The molecular formula is C23H29ClN7O+. The van der Waals surface area contributed by atoms with E-state index in [2.05, 4.69) is 26.7 Å². The smallest absolute Gasteiger partial charge is 0.360 e. The lowest BCUT2D eigenvalue weighted by Gasteiger charge is -2.46. The van der Waals surface area contributed by atoms with Crippen LogP contribution in [0.3, 0.4) is 0 Å². The van der Waals surface area contributed by atoms with Gasteiger partial charge in [-0.05, 0) is 19.0 Å². The van der Waals surface area contributed by atoms with Crippen LogP contribution >= 0.6 is 11.6 Å². The van der Waals surface area contributed by atoms with Gasteiger partial charge in [0.25, 0.3) is 0 Å². The van der Waals surface area contributed by atoms with E-state index in [0.29, 0.717) is 21.1 Å². The first-order chi connectivity index (χ1) is 15.6. The van der Waals surface area contributed by atoms with Crippen molar-refractivity contribution in [1.29, 1.82) is 0 Å². The molecule has 5 rings (SSSR count). The van der Waals surface area contributed by atoms with Gasteiger partial charge in [-0.3, -0.25) is 0 Å². The Bertz CT molecular complexity index is 1120. The molecule has 4 heterocycles. The molecule has 1 aromatic carbocycles. The SMILES string of the molecule is NC(=O)[N+]1(C2CCCNC2)CCC(Nc2ncc(Cl)c(-c3c[nH]c4ccccc34)n2)CC1. The van der Waals surface area contributed by atoms with E-state index >= 15 is 0 Å². The Morgan fingerprint density at radius 3 is 2.78 bits per heavy atom. The number of nitrogens with two attached hydrogens (primary N) is 1. The van der Waals surface area contributed by atoms with Crippen molar-refractivity contribution in [3.05, 3.63) is 41.7 Å². The van der Waals surface area contributed by atoms with Gasteiger partial charge in [0.1, 0.15) is 6.04 Å². The highest BCUT2D eigenvalue weighted by molar-refractivity contribution is 6.33. The molecular weight excluding hydrogens is 426 g/mol. The molecule has 9 heteroatoms. The van der Waals surface area contributed by atoms with Crippen molar-refractivity contribution in [3.8, 4) is 11.3 Å². The molecule has 3 aromatic rings. The second-order valence-corrected chi connectivity index (χ2v) is 9.28. The van der Waals surface area contributed by atoms with Crippen LogP contribution in [0.4, 0.5) is 10.7 Å². The van der Waals surface area contributed by atoms with E-state index in [0.717, 1.165) is 68.3 Å². The molecule has 168 valence electrons. The standard InChI is InChI=1S/C23H28ClN7O/c24-19-14-28-23(30-21(19)18-13-27-20-6-2-1-5-17(18)20)29-15-7-10-31(11-8-15,22(25)32)16-4-3-9-26-12-16/h1-2,5-6,13-16,26H,3-4,7-12H2,(H3-,25,27,28,29,30,32)/p+1. The summed E-state index contributed by atoms with van der Waals surface area (Å²) >= 11 is 6.46.